The molecule has 176 valence electrons. The van der Waals surface area contributed by atoms with Crippen LogP contribution in [0.25, 0.3) is 0 Å². The first-order valence-corrected chi connectivity index (χ1v) is 10.0. The molecule has 0 aromatic carbocycles. The van der Waals surface area contributed by atoms with E-state index in [2.05, 4.69) is 25.9 Å². The number of anilines is 2. The highest BCUT2D eigenvalue weighted by Crippen LogP contribution is 2.36. The Morgan fingerprint density at radius 3 is 2.52 bits per heavy atom. The van der Waals surface area contributed by atoms with Gasteiger partial charge in [-0.2, -0.15) is 26.3 Å². The average Bonchev–Trinajstić information content (AvgIpc) is 2.95. The van der Waals surface area contributed by atoms with Gasteiger partial charge in [0.25, 0.3) is 0 Å². The van der Waals surface area contributed by atoms with Crippen LogP contribution in [0, 0.1) is 0 Å². The van der Waals surface area contributed by atoms with Crippen molar-refractivity contribution in [1.29, 1.82) is 0 Å². The van der Waals surface area contributed by atoms with E-state index in [9.17, 15) is 26.3 Å². The van der Waals surface area contributed by atoms with Gasteiger partial charge in [0.05, 0.1) is 17.3 Å². The lowest BCUT2D eigenvalue weighted by molar-refractivity contribution is -0.138. The normalized spacial score (nSPS) is 21.4. The van der Waals surface area contributed by atoms with Crippen molar-refractivity contribution >= 4 is 11.6 Å². The maximum absolute atomic E-state index is 13.4. The van der Waals surface area contributed by atoms with Crippen LogP contribution >= 0.6 is 0 Å². The summed E-state index contributed by atoms with van der Waals surface area (Å²) < 4.78 is 78.7. The van der Waals surface area contributed by atoms with E-state index in [0.29, 0.717) is 12.1 Å². The molecule has 2 aromatic rings. The van der Waals surface area contributed by atoms with Crippen LogP contribution in [0.1, 0.15) is 24.5 Å². The molecule has 2 atom stereocenters. The number of allylic oxidation sites excluding steroid dienone is 1. The Balaban J connectivity index is 1.56. The zero-order valence-electron chi connectivity index (χ0n) is 17.3. The number of alkyl halides is 6. The quantitative estimate of drug-likeness (QED) is 0.576. The monoisotopic (exact) mass is 470 g/mol. The molecule has 2 aliphatic rings. The number of nitrogens with zero attached hydrogens (tertiary/aromatic N) is 3. The third-order valence-electron chi connectivity index (χ3n) is 5.27. The molecule has 0 spiro atoms. The molecule has 0 amide bonds. The van der Waals surface area contributed by atoms with Gasteiger partial charge in [-0.1, -0.05) is 0 Å². The van der Waals surface area contributed by atoms with Crippen LogP contribution < -0.4 is 20.9 Å². The zero-order chi connectivity index (χ0) is 23.8. The summed E-state index contributed by atoms with van der Waals surface area (Å²) in [4.78, 5) is 9.22. The summed E-state index contributed by atoms with van der Waals surface area (Å²) in [5, 5.41) is 9.53. The van der Waals surface area contributed by atoms with Gasteiger partial charge in [0.2, 0.25) is 0 Å². The number of nitrogens with one attached hydrogen (secondary N) is 3. The minimum absolute atomic E-state index is 0.198. The largest absolute Gasteiger partial charge is 0.419 e. The smallest absolute Gasteiger partial charge is 0.370 e. The molecule has 2 unspecified atom stereocenters. The van der Waals surface area contributed by atoms with Crippen molar-refractivity contribution in [3.05, 3.63) is 71.3 Å². The van der Waals surface area contributed by atoms with Crippen LogP contribution in [0.2, 0.25) is 0 Å². The maximum atomic E-state index is 13.4. The van der Waals surface area contributed by atoms with Gasteiger partial charge >= 0.3 is 12.4 Å². The Hall–Kier alpha value is -3.28. The highest BCUT2D eigenvalue weighted by Gasteiger charge is 2.36. The van der Waals surface area contributed by atoms with E-state index in [4.69, 9.17) is 0 Å². The molecule has 2 aliphatic heterocycles. The van der Waals surface area contributed by atoms with Crippen molar-refractivity contribution in [2.75, 3.05) is 16.8 Å². The average molecular weight is 470 g/mol. The van der Waals surface area contributed by atoms with Crippen LogP contribution in [-0.2, 0) is 12.4 Å². The van der Waals surface area contributed by atoms with Crippen LogP contribution in [0.15, 0.2) is 60.2 Å². The van der Waals surface area contributed by atoms with Gasteiger partial charge in [0.1, 0.15) is 17.8 Å². The summed E-state index contributed by atoms with van der Waals surface area (Å²) in [6.45, 7) is 2.06. The third-order valence-corrected chi connectivity index (χ3v) is 5.27. The topological polar surface area (TPSA) is 65.1 Å². The van der Waals surface area contributed by atoms with Crippen molar-refractivity contribution in [2.45, 2.75) is 38.0 Å². The molecule has 0 saturated heterocycles. The lowest BCUT2D eigenvalue weighted by atomic mass is 10.0. The van der Waals surface area contributed by atoms with Gasteiger partial charge < -0.3 is 15.5 Å². The molecular weight excluding hydrogens is 450 g/mol. The summed E-state index contributed by atoms with van der Waals surface area (Å²) in [6.07, 6.45) is -4.12. The van der Waals surface area contributed by atoms with E-state index >= 15 is 0 Å². The van der Waals surface area contributed by atoms with Crippen LogP contribution in [0.4, 0.5) is 38.0 Å². The number of aromatic nitrogens is 2. The van der Waals surface area contributed by atoms with Gasteiger partial charge in [-0.25, -0.2) is 9.97 Å². The molecule has 6 nitrogen and oxygen atoms in total. The molecule has 0 fully saturated rings. The van der Waals surface area contributed by atoms with Gasteiger partial charge in [-0.05, 0) is 49.3 Å². The number of hydrogen-bond acceptors (Lipinski definition) is 6. The van der Waals surface area contributed by atoms with Crippen LogP contribution in [0.3, 0.4) is 0 Å². The molecule has 0 bridgehead atoms. The predicted octanol–water partition coefficient (Wildman–Crippen LogP) is 4.47. The summed E-state index contributed by atoms with van der Waals surface area (Å²) in [5.74, 6) is 0.0339. The lowest BCUT2D eigenvalue weighted by Gasteiger charge is -2.34. The van der Waals surface area contributed by atoms with Crippen LogP contribution in [0.5, 0.6) is 0 Å². The first-order chi connectivity index (χ1) is 15.5. The van der Waals surface area contributed by atoms with Crippen molar-refractivity contribution < 1.29 is 26.3 Å². The van der Waals surface area contributed by atoms with Gasteiger partial charge in [0, 0.05) is 30.8 Å². The second-order valence-electron chi connectivity index (χ2n) is 7.61. The summed E-state index contributed by atoms with van der Waals surface area (Å²) in [7, 11) is 0. The van der Waals surface area contributed by atoms with E-state index in [1.165, 1.54) is 23.2 Å². The molecule has 0 saturated carbocycles. The Labute approximate surface area is 185 Å². The number of halogens is 6. The first kappa shape index (κ1) is 22.9. The van der Waals surface area contributed by atoms with Crippen molar-refractivity contribution in [3.8, 4) is 0 Å². The Morgan fingerprint density at radius 1 is 1.06 bits per heavy atom. The van der Waals surface area contributed by atoms with Gasteiger partial charge in [0.15, 0.2) is 0 Å². The molecule has 3 N–H and O–H groups in total. The Morgan fingerprint density at radius 2 is 1.85 bits per heavy atom. The lowest BCUT2D eigenvalue weighted by Crippen LogP contribution is -2.54. The van der Waals surface area contributed by atoms with Crippen LogP contribution in [-0.4, -0.2) is 28.8 Å². The van der Waals surface area contributed by atoms with Gasteiger partial charge in [-0.15, -0.1) is 0 Å². The predicted molar refractivity (Wildman–Crippen MR) is 110 cm³/mol. The molecule has 0 aliphatic carbocycles. The maximum Gasteiger partial charge on any atom is 0.419 e. The van der Waals surface area contributed by atoms with E-state index in [0.717, 1.165) is 23.9 Å². The van der Waals surface area contributed by atoms with Crippen molar-refractivity contribution in [2.24, 2.45) is 0 Å². The summed E-state index contributed by atoms with van der Waals surface area (Å²) >= 11 is 0. The molecule has 33 heavy (non-hydrogen) atoms. The molecular formula is C21H20F6N6. The fourth-order valence-corrected chi connectivity index (χ4v) is 3.74. The Kier molecular flexibility index (Phi) is 5.95. The Bertz CT molecular complexity index is 1060. The minimum atomic E-state index is -4.55. The highest BCUT2D eigenvalue weighted by atomic mass is 19.4. The minimum Gasteiger partial charge on any atom is -0.370 e. The number of hydrogen-bond donors (Lipinski definition) is 3. The van der Waals surface area contributed by atoms with Gasteiger partial charge in [-0.3, -0.25) is 5.32 Å². The summed E-state index contributed by atoms with van der Waals surface area (Å²) in [5.41, 5.74) is -0.184. The highest BCUT2D eigenvalue weighted by molar-refractivity contribution is 5.53. The number of pyridine rings is 2. The van der Waals surface area contributed by atoms with E-state index in [1.807, 2.05) is 6.92 Å². The van der Waals surface area contributed by atoms with E-state index in [1.54, 1.807) is 12.3 Å². The van der Waals surface area contributed by atoms with E-state index < -0.39 is 29.6 Å². The fraction of sp³-hybridized carbons (Fsp3) is 0.333. The second-order valence-corrected chi connectivity index (χ2v) is 7.61. The molecule has 12 heteroatoms. The molecule has 4 heterocycles. The zero-order valence-corrected chi connectivity index (χ0v) is 17.3. The first-order valence-electron chi connectivity index (χ1n) is 10.0. The van der Waals surface area contributed by atoms with Crippen molar-refractivity contribution in [3.63, 3.8) is 0 Å². The van der Waals surface area contributed by atoms with E-state index in [-0.39, 0.29) is 24.3 Å². The molecule has 2 aromatic heterocycles. The second kappa shape index (κ2) is 8.58. The standard InChI is InChI=1S/C21H20F6N6/c1-12-30-16-7-10-33(19-15(21(25,26)27)3-2-8-28-19)9-6-14(16)18(31-12)32-17-5-4-13(11-29-17)20(22,23)24/h2-5,7-8,10-12,18,30-31H,6,9H2,1H3,(H,29,32). The summed E-state index contributed by atoms with van der Waals surface area (Å²) in [6, 6.07) is 4.39. The molecule has 0 radical (unpaired) electrons. The molecule has 4 rings (SSSR count). The SMILES string of the molecule is CC1NC2=C(CCN(c3ncccc3C(F)(F)F)C=C2)C(Nc2ccc(C(F)(F)F)cn2)N1. The fourth-order valence-electron chi connectivity index (χ4n) is 3.74. The number of rotatable bonds is 3. The third kappa shape index (κ3) is 5.05. The van der Waals surface area contributed by atoms with Crippen molar-refractivity contribution in [1.82, 2.24) is 20.6 Å².